The Morgan fingerprint density at radius 3 is 2.59 bits per heavy atom. The van der Waals surface area contributed by atoms with Crippen LogP contribution in [0.4, 0.5) is 5.69 Å². The third-order valence-corrected chi connectivity index (χ3v) is 6.76. The summed E-state index contributed by atoms with van der Waals surface area (Å²) < 4.78 is 33.8. The first kappa shape index (κ1) is 23.3. The lowest BCUT2D eigenvalue weighted by Crippen LogP contribution is -2.50. The number of piperidine rings is 1. The quantitative estimate of drug-likeness (QED) is 0.402. The maximum absolute atomic E-state index is 13.0. The molecule has 10 nitrogen and oxygen atoms in total. The molecule has 178 valence electrons. The van der Waals surface area contributed by atoms with Crippen LogP contribution in [0.25, 0.3) is 10.9 Å². The second-order valence-corrected chi connectivity index (χ2v) is 9.46. The van der Waals surface area contributed by atoms with E-state index in [2.05, 4.69) is 20.3 Å². The molecule has 1 aliphatic rings. The monoisotopic (exact) mass is 484 g/mol. The van der Waals surface area contributed by atoms with Crippen LogP contribution in [0.5, 0.6) is 5.75 Å². The van der Waals surface area contributed by atoms with Gasteiger partial charge in [-0.3, -0.25) is 19.1 Å². The Bertz CT molecular complexity index is 1400. The average Bonchev–Trinajstić information content (AvgIpc) is 2.81. The van der Waals surface area contributed by atoms with E-state index in [4.69, 9.17) is 4.74 Å². The Morgan fingerprint density at radius 1 is 1.12 bits per heavy atom. The average molecular weight is 485 g/mol. The molecule has 1 atom stereocenters. The molecule has 2 heterocycles. The van der Waals surface area contributed by atoms with Gasteiger partial charge in [-0.15, -0.1) is 0 Å². The lowest BCUT2D eigenvalue weighted by molar-refractivity contribution is -0.124. The predicted molar refractivity (Wildman–Crippen MR) is 126 cm³/mol. The molecular formula is C23H24N4O6S. The van der Waals surface area contributed by atoms with Gasteiger partial charge in [0.05, 0.1) is 17.1 Å². The van der Waals surface area contributed by atoms with E-state index in [1.54, 1.807) is 24.3 Å². The normalized spacial score (nSPS) is 16.0. The molecule has 0 saturated carbocycles. The SMILES string of the molecule is CCOc1ccc(NS(=O)(=O)c2ccc3[nH]c(=O)cc(C(=O)NC4CCCNC4=O)c3c2)cc1. The summed E-state index contributed by atoms with van der Waals surface area (Å²) in [6, 6.07) is 10.9. The van der Waals surface area contributed by atoms with Crippen molar-refractivity contribution < 1.29 is 22.7 Å². The number of sulfonamides is 1. The first-order valence-corrected chi connectivity index (χ1v) is 12.3. The molecular weight excluding hydrogens is 460 g/mol. The van der Waals surface area contributed by atoms with Crippen LogP contribution in [0, 0.1) is 0 Å². The Labute approximate surface area is 195 Å². The maximum atomic E-state index is 13.0. The van der Waals surface area contributed by atoms with Gasteiger partial charge in [0.1, 0.15) is 11.8 Å². The van der Waals surface area contributed by atoms with Crippen LogP contribution in [-0.4, -0.2) is 44.4 Å². The molecule has 0 radical (unpaired) electrons. The van der Waals surface area contributed by atoms with Crippen LogP contribution in [-0.2, 0) is 14.8 Å². The summed E-state index contributed by atoms with van der Waals surface area (Å²) in [5, 5.41) is 5.56. The van der Waals surface area contributed by atoms with Crippen LogP contribution < -0.4 is 25.7 Å². The van der Waals surface area contributed by atoms with Crippen LogP contribution in [0.1, 0.15) is 30.1 Å². The van der Waals surface area contributed by atoms with Crippen molar-refractivity contribution in [3.63, 3.8) is 0 Å². The number of carbonyl (C=O) groups is 2. The summed E-state index contributed by atoms with van der Waals surface area (Å²) in [5.74, 6) is -0.314. The number of fused-ring (bicyclic) bond motifs is 1. The fourth-order valence-electron chi connectivity index (χ4n) is 3.73. The lowest BCUT2D eigenvalue weighted by Gasteiger charge is -2.23. The highest BCUT2D eigenvalue weighted by Gasteiger charge is 2.25. The minimum atomic E-state index is -4.00. The van der Waals surface area contributed by atoms with Crippen molar-refractivity contribution in [2.45, 2.75) is 30.7 Å². The van der Waals surface area contributed by atoms with Gasteiger partial charge in [0.15, 0.2) is 0 Å². The molecule has 0 aliphatic carbocycles. The number of anilines is 1. The number of pyridine rings is 1. The van der Waals surface area contributed by atoms with E-state index >= 15 is 0 Å². The number of hydrogen-bond acceptors (Lipinski definition) is 6. The number of nitrogens with one attached hydrogen (secondary N) is 4. The third-order valence-electron chi connectivity index (χ3n) is 5.38. The van der Waals surface area contributed by atoms with E-state index in [0.717, 1.165) is 6.07 Å². The molecule has 0 spiro atoms. The van der Waals surface area contributed by atoms with Gasteiger partial charge < -0.3 is 20.4 Å². The van der Waals surface area contributed by atoms with E-state index in [9.17, 15) is 22.8 Å². The number of ether oxygens (including phenoxy) is 1. The van der Waals surface area contributed by atoms with Crippen molar-refractivity contribution in [3.8, 4) is 5.75 Å². The highest BCUT2D eigenvalue weighted by molar-refractivity contribution is 7.92. The summed E-state index contributed by atoms with van der Waals surface area (Å²) in [6.45, 7) is 2.88. The van der Waals surface area contributed by atoms with Gasteiger partial charge in [0.2, 0.25) is 11.5 Å². The van der Waals surface area contributed by atoms with Crippen molar-refractivity contribution in [3.05, 3.63) is 64.4 Å². The van der Waals surface area contributed by atoms with E-state index in [1.165, 1.54) is 18.2 Å². The Balaban J connectivity index is 1.65. The molecule has 0 bridgehead atoms. The zero-order valence-electron chi connectivity index (χ0n) is 18.4. The molecule has 4 rings (SSSR count). The lowest BCUT2D eigenvalue weighted by atomic mass is 10.0. The first-order valence-electron chi connectivity index (χ1n) is 10.8. The minimum absolute atomic E-state index is 0.0183. The fraction of sp³-hybridized carbons (Fsp3) is 0.261. The van der Waals surface area contributed by atoms with E-state index in [-0.39, 0.29) is 21.8 Å². The Hall–Kier alpha value is -3.86. The highest BCUT2D eigenvalue weighted by atomic mass is 32.2. The molecule has 1 unspecified atom stereocenters. The van der Waals surface area contributed by atoms with Crippen molar-refractivity contribution in [2.24, 2.45) is 0 Å². The topological polar surface area (TPSA) is 146 Å². The molecule has 2 amide bonds. The largest absolute Gasteiger partial charge is 0.494 e. The van der Waals surface area contributed by atoms with Gasteiger partial charge in [-0.05, 0) is 62.2 Å². The Morgan fingerprint density at radius 2 is 1.88 bits per heavy atom. The number of H-pyrrole nitrogens is 1. The number of amides is 2. The van der Waals surface area contributed by atoms with Crippen molar-refractivity contribution in [1.82, 2.24) is 15.6 Å². The standard InChI is InChI=1S/C23H24N4O6S/c1-2-33-15-7-5-14(6-8-15)27-34(31,32)16-9-10-19-17(12-16)18(13-21(28)25-19)22(29)26-20-4-3-11-24-23(20)30/h5-10,12-13,20,27H,2-4,11H2,1H3,(H,24,30)(H,25,28)(H,26,29). The van der Waals surface area contributed by atoms with E-state index in [1.807, 2.05) is 6.92 Å². The van der Waals surface area contributed by atoms with Gasteiger partial charge in [-0.1, -0.05) is 0 Å². The van der Waals surface area contributed by atoms with Gasteiger partial charge in [-0.25, -0.2) is 8.42 Å². The maximum Gasteiger partial charge on any atom is 0.261 e. The second kappa shape index (κ2) is 9.56. The molecule has 1 fully saturated rings. The van der Waals surface area contributed by atoms with E-state index < -0.39 is 27.5 Å². The molecule has 1 saturated heterocycles. The fourth-order valence-corrected chi connectivity index (χ4v) is 4.82. The van der Waals surface area contributed by atoms with Gasteiger partial charge >= 0.3 is 0 Å². The number of carbonyl (C=O) groups excluding carboxylic acids is 2. The van der Waals surface area contributed by atoms with Gasteiger partial charge in [0, 0.05) is 29.2 Å². The number of benzene rings is 2. The van der Waals surface area contributed by atoms with Crippen LogP contribution in [0.3, 0.4) is 0 Å². The predicted octanol–water partition coefficient (Wildman–Crippen LogP) is 1.74. The zero-order chi connectivity index (χ0) is 24.3. The van der Waals surface area contributed by atoms with Crippen LogP contribution in [0.2, 0.25) is 0 Å². The number of hydrogen-bond donors (Lipinski definition) is 4. The number of aromatic nitrogens is 1. The van der Waals surface area contributed by atoms with Gasteiger partial charge in [0.25, 0.3) is 15.9 Å². The molecule has 2 aromatic carbocycles. The minimum Gasteiger partial charge on any atom is -0.494 e. The van der Waals surface area contributed by atoms with Crippen molar-refractivity contribution in [2.75, 3.05) is 17.9 Å². The number of aromatic amines is 1. The van der Waals surface area contributed by atoms with Crippen LogP contribution in [0.15, 0.2) is 58.2 Å². The molecule has 3 aromatic rings. The summed E-state index contributed by atoms with van der Waals surface area (Å²) in [5.41, 5.74) is 0.0983. The second-order valence-electron chi connectivity index (χ2n) is 7.78. The van der Waals surface area contributed by atoms with Gasteiger partial charge in [-0.2, -0.15) is 0 Å². The molecule has 1 aliphatic heterocycles. The van der Waals surface area contributed by atoms with Crippen LogP contribution >= 0.6 is 0 Å². The first-order chi connectivity index (χ1) is 16.3. The summed E-state index contributed by atoms with van der Waals surface area (Å²) in [4.78, 5) is 39.6. The smallest absolute Gasteiger partial charge is 0.261 e. The van der Waals surface area contributed by atoms with Crippen molar-refractivity contribution >= 4 is 38.4 Å². The third kappa shape index (κ3) is 5.04. The Kier molecular flexibility index (Phi) is 6.55. The summed E-state index contributed by atoms with van der Waals surface area (Å²) in [6.07, 6.45) is 1.19. The molecule has 11 heteroatoms. The molecule has 4 N–H and O–H groups in total. The van der Waals surface area contributed by atoms with Crippen molar-refractivity contribution in [1.29, 1.82) is 0 Å². The molecule has 34 heavy (non-hydrogen) atoms. The van der Waals surface area contributed by atoms with E-state index in [0.29, 0.717) is 42.9 Å². The highest BCUT2D eigenvalue weighted by Crippen LogP contribution is 2.24. The number of rotatable bonds is 7. The summed E-state index contributed by atoms with van der Waals surface area (Å²) in [7, 11) is -4.00. The zero-order valence-corrected chi connectivity index (χ0v) is 19.2. The molecule has 1 aromatic heterocycles. The summed E-state index contributed by atoms with van der Waals surface area (Å²) >= 11 is 0.